The van der Waals surface area contributed by atoms with Gasteiger partial charge in [0.2, 0.25) is 6.79 Å². The van der Waals surface area contributed by atoms with Crippen molar-refractivity contribution in [3.05, 3.63) is 58.7 Å². The Morgan fingerprint density at radius 1 is 1.12 bits per heavy atom. The zero-order chi connectivity index (χ0) is 16.5. The number of benzene rings is 2. The van der Waals surface area contributed by atoms with Crippen molar-refractivity contribution in [3.8, 4) is 11.5 Å². The van der Waals surface area contributed by atoms with Crippen LogP contribution in [0.4, 0.5) is 5.69 Å². The first-order chi connectivity index (χ1) is 11.7. The second-order valence-electron chi connectivity index (χ2n) is 5.46. The van der Waals surface area contributed by atoms with Gasteiger partial charge in [-0.15, -0.1) is 0 Å². The van der Waals surface area contributed by atoms with E-state index in [0.29, 0.717) is 5.02 Å². The Balaban J connectivity index is 1.67. The van der Waals surface area contributed by atoms with Gasteiger partial charge in [-0.1, -0.05) is 23.7 Å². The lowest BCUT2D eigenvalue weighted by Crippen LogP contribution is -1.95. The predicted molar refractivity (Wildman–Crippen MR) is 95.3 cm³/mol. The minimum Gasteiger partial charge on any atom is -0.454 e. The molecule has 0 spiro atoms. The lowest BCUT2D eigenvalue weighted by atomic mass is 10.1. The summed E-state index contributed by atoms with van der Waals surface area (Å²) in [5.74, 6) is 1.44. The standard InChI is InChI=1S/C18H14ClN3O2/c1-11-6-16(22-20-9-12-2-4-13(19)5-3-12)14-7-17-18(24-10-23-17)8-15(14)21-11/h2-9H,10H2,1H3,(H,21,22)/b20-9+. The Hall–Kier alpha value is -2.79. The molecule has 4 rings (SSSR count). The van der Waals surface area contributed by atoms with Crippen molar-refractivity contribution in [1.82, 2.24) is 4.98 Å². The van der Waals surface area contributed by atoms with Gasteiger partial charge in [0.05, 0.1) is 17.4 Å². The molecule has 0 saturated heterocycles. The van der Waals surface area contributed by atoms with Gasteiger partial charge in [-0.05, 0) is 36.8 Å². The molecule has 0 fully saturated rings. The van der Waals surface area contributed by atoms with Gasteiger partial charge in [-0.25, -0.2) is 0 Å². The normalized spacial score (nSPS) is 12.9. The Morgan fingerprint density at radius 2 is 1.88 bits per heavy atom. The summed E-state index contributed by atoms with van der Waals surface area (Å²) in [6, 6.07) is 13.2. The van der Waals surface area contributed by atoms with Crippen LogP contribution in [0.3, 0.4) is 0 Å². The van der Waals surface area contributed by atoms with Crippen molar-refractivity contribution in [2.24, 2.45) is 5.10 Å². The average Bonchev–Trinajstić information content (AvgIpc) is 3.02. The van der Waals surface area contributed by atoms with Gasteiger partial charge in [0, 0.05) is 22.2 Å². The molecule has 0 unspecified atom stereocenters. The summed E-state index contributed by atoms with van der Waals surface area (Å²) in [6.07, 6.45) is 1.74. The average molecular weight is 340 g/mol. The van der Waals surface area contributed by atoms with E-state index < -0.39 is 0 Å². The van der Waals surface area contributed by atoms with Crippen LogP contribution in [0.2, 0.25) is 5.02 Å². The Morgan fingerprint density at radius 3 is 2.67 bits per heavy atom. The van der Waals surface area contributed by atoms with E-state index in [2.05, 4.69) is 15.5 Å². The molecule has 0 saturated carbocycles. The fourth-order valence-electron chi connectivity index (χ4n) is 2.57. The first-order valence-electron chi connectivity index (χ1n) is 7.45. The number of aromatic nitrogens is 1. The van der Waals surface area contributed by atoms with E-state index in [0.717, 1.165) is 39.3 Å². The highest BCUT2D eigenvalue weighted by atomic mass is 35.5. The smallest absolute Gasteiger partial charge is 0.231 e. The predicted octanol–water partition coefficient (Wildman–Crippen LogP) is 4.37. The second-order valence-corrected chi connectivity index (χ2v) is 5.89. The van der Waals surface area contributed by atoms with Gasteiger partial charge < -0.3 is 9.47 Å². The van der Waals surface area contributed by atoms with E-state index in [1.807, 2.05) is 49.4 Å². The highest BCUT2D eigenvalue weighted by Crippen LogP contribution is 2.38. The molecule has 0 atom stereocenters. The number of halogens is 1. The van der Waals surface area contributed by atoms with E-state index >= 15 is 0 Å². The lowest BCUT2D eigenvalue weighted by molar-refractivity contribution is 0.174. The Kier molecular flexibility index (Phi) is 3.70. The van der Waals surface area contributed by atoms with Crippen LogP contribution in [0, 0.1) is 6.92 Å². The molecule has 1 aliphatic heterocycles. The van der Waals surface area contributed by atoms with Crippen LogP contribution >= 0.6 is 11.6 Å². The number of aryl methyl sites for hydroxylation is 1. The van der Waals surface area contributed by atoms with Crippen LogP contribution in [0.5, 0.6) is 11.5 Å². The molecule has 0 aliphatic carbocycles. The van der Waals surface area contributed by atoms with Crippen molar-refractivity contribution in [3.63, 3.8) is 0 Å². The number of ether oxygens (including phenoxy) is 2. The molecule has 0 amide bonds. The molecule has 3 aromatic rings. The summed E-state index contributed by atoms with van der Waals surface area (Å²) in [5, 5.41) is 5.94. The maximum atomic E-state index is 5.88. The first-order valence-corrected chi connectivity index (χ1v) is 7.82. The molecule has 1 aromatic heterocycles. The van der Waals surface area contributed by atoms with Crippen LogP contribution < -0.4 is 14.9 Å². The maximum Gasteiger partial charge on any atom is 0.231 e. The van der Waals surface area contributed by atoms with Crippen LogP contribution in [0.25, 0.3) is 10.9 Å². The molecular weight excluding hydrogens is 326 g/mol. The van der Waals surface area contributed by atoms with E-state index in [1.54, 1.807) is 6.21 Å². The lowest BCUT2D eigenvalue weighted by Gasteiger charge is -2.08. The molecule has 6 heteroatoms. The van der Waals surface area contributed by atoms with Crippen LogP contribution in [-0.2, 0) is 0 Å². The zero-order valence-corrected chi connectivity index (χ0v) is 13.7. The van der Waals surface area contributed by atoms with Gasteiger partial charge >= 0.3 is 0 Å². The van der Waals surface area contributed by atoms with Crippen molar-refractivity contribution < 1.29 is 9.47 Å². The summed E-state index contributed by atoms with van der Waals surface area (Å²) < 4.78 is 10.9. The molecule has 1 N–H and O–H groups in total. The van der Waals surface area contributed by atoms with Gasteiger partial charge in [-0.3, -0.25) is 10.4 Å². The molecule has 1 aliphatic rings. The third-order valence-corrected chi connectivity index (χ3v) is 3.95. The number of anilines is 1. The van der Waals surface area contributed by atoms with Crippen LogP contribution in [0.15, 0.2) is 47.6 Å². The molecule has 0 radical (unpaired) electrons. The van der Waals surface area contributed by atoms with Crippen LogP contribution in [-0.4, -0.2) is 18.0 Å². The van der Waals surface area contributed by atoms with Gasteiger partial charge in [-0.2, -0.15) is 5.10 Å². The molecule has 24 heavy (non-hydrogen) atoms. The van der Waals surface area contributed by atoms with Crippen molar-refractivity contribution in [2.75, 3.05) is 12.2 Å². The number of hydrogen-bond donors (Lipinski definition) is 1. The largest absolute Gasteiger partial charge is 0.454 e. The van der Waals surface area contributed by atoms with Gasteiger partial charge in [0.25, 0.3) is 0 Å². The maximum absolute atomic E-state index is 5.88. The van der Waals surface area contributed by atoms with Crippen LogP contribution in [0.1, 0.15) is 11.3 Å². The summed E-state index contributed by atoms with van der Waals surface area (Å²) in [4.78, 5) is 4.55. The van der Waals surface area contributed by atoms with E-state index in [1.165, 1.54) is 0 Å². The van der Waals surface area contributed by atoms with Crippen molar-refractivity contribution >= 4 is 34.4 Å². The van der Waals surface area contributed by atoms with E-state index in [-0.39, 0.29) is 6.79 Å². The number of rotatable bonds is 3. The summed E-state index contributed by atoms with van der Waals surface area (Å²) in [5.41, 5.74) is 6.63. The van der Waals surface area contributed by atoms with Gasteiger partial charge in [0.15, 0.2) is 11.5 Å². The number of nitrogens with one attached hydrogen (secondary N) is 1. The third-order valence-electron chi connectivity index (χ3n) is 3.70. The fraction of sp³-hybridized carbons (Fsp3) is 0.111. The minimum atomic E-state index is 0.238. The fourth-order valence-corrected chi connectivity index (χ4v) is 2.69. The molecule has 0 bridgehead atoms. The second kappa shape index (κ2) is 6.02. The Labute approximate surface area is 143 Å². The zero-order valence-electron chi connectivity index (χ0n) is 12.9. The van der Waals surface area contributed by atoms with Gasteiger partial charge in [0.1, 0.15) is 0 Å². The number of hydrogen-bond acceptors (Lipinski definition) is 5. The van der Waals surface area contributed by atoms with Crippen molar-refractivity contribution in [1.29, 1.82) is 0 Å². The first kappa shape index (κ1) is 14.8. The third kappa shape index (κ3) is 2.86. The monoisotopic (exact) mass is 339 g/mol. The molecule has 120 valence electrons. The highest BCUT2D eigenvalue weighted by Gasteiger charge is 2.16. The minimum absolute atomic E-state index is 0.238. The number of nitrogens with zero attached hydrogens (tertiary/aromatic N) is 2. The summed E-state index contributed by atoms with van der Waals surface area (Å²) in [7, 11) is 0. The van der Waals surface area contributed by atoms with E-state index in [4.69, 9.17) is 21.1 Å². The number of fused-ring (bicyclic) bond motifs is 2. The van der Waals surface area contributed by atoms with E-state index in [9.17, 15) is 0 Å². The SMILES string of the molecule is Cc1cc(N/N=C/c2ccc(Cl)cc2)c2cc3c(cc2n1)OCO3. The molecule has 2 heterocycles. The summed E-state index contributed by atoms with van der Waals surface area (Å²) >= 11 is 5.88. The van der Waals surface area contributed by atoms with Crippen molar-refractivity contribution in [2.45, 2.75) is 6.92 Å². The number of hydrazone groups is 1. The number of pyridine rings is 1. The quantitative estimate of drug-likeness (QED) is 0.568. The topological polar surface area (TPSA) is 55.7 Å². The molecular formula is C18H14ClN3O2. The highest BCUT2D eigenvalue weighted by molar-refractivity contribution is 6.30. The summed E-state index contributed by atoms with van der Waals surface area (Å²) in [6.45, 7) is 2.18. The Bertz CT molecular complexity index is 939. The molecule has 5 nitrogen and oxygen atoms in total. The molecule has 2 aromatic carbocycles.